The molecule has 0 bridgehead atoms. The molecule has 0 unspecified atom stereocenters. The topological polar surface area (TPSA) is 41.5 Å². The zero-order valence-corrected chi connectivity index (χ0v) is 13.7. The standard InChI is InChI=1S/C17H28N4O/c1-20-9-3-15(4-10-20)13-22-14-16-5-11-21(12-6-16)17-18-7-2-8-19-17/h2,7-8,15-16H,3-6,9-14H2,1H3. The molecule has 2 aliphatic rings. The molecule has 1 aromatic heterocycles. The fourth-order valence-corrected chi connectivity index (χ4v) is 3.38. The molecule has 0 aromatic carbocycles. The largest absolute Gasteiger partial charge is 0.381 e. The van der Waals surface area contributed by atoms with Crippen molar-refractivity contribution in [3.8, 4) is 0 Å². The predicted molar refractivity (Wildman–Crippen MR) is 88.0 cm³/mol. The van der Waals surface area contributed by atoms with Crippen LogP contribution in [0, 0.1) is 11.8 Å². The molecule has 0 atom stereocenters. The molecule has 0 aliphatic carbocycles. The molecule has 2 aliphatic heterocycles. The van der Waals surface area contributed by atoms with Crippen LogP contribution in [0.25, 0.3) is 0 Å². The van der Waals surface area contributed by atoms with E-state index in [1.54, 1.807) is 0 Å². The molecule has 3 heterocycles. The van der Waals surface area contributed by atoms with Gasteiger partial charge in [-0.15, -0.1) is 0 Å². The fraction of sp³-hybridized carbons (Fsp3) is 0.765. The highest BCUT2D eigenvalue weighted by Gasteiger charge is 2.22. The van der Waals surface area contributed by atoms with Gasteiger partial charge in [-0.3, -0.25) is 0 Å². The summed E-state index contributed by atoms with van der Waals surface area (Å²) in [6.45, 7) is 6.43. The van der Waals surface area contributed by atoms with E-state index in [-0.39, 0.29) is 0 Å². The Balaban J connectivity index is 1.32. The molecule has 0 spiro atoms. The van der Waals surface area contributed by atoms with E-state index >= 15 is 0 Å². The third-order valence-electron chi connectivity index (χ3n) is 4.99. The minimum atomic E-state index is 0.700. The smallest absolute Gasteiger partial charge is 0.225 e. The van der Waals surface area contributed by atoms with Crippen molar-refractivity contribution < 1.29 is 4.74 Å². The number of anilines is 1. The summed E-state index contributed by atoms with van der Waals surface area (Å²) in [5.74, 6) is 2.34. The molecule has 2 fully saturated rings. The maximum atomic E-state index is 6.02. The van der Waals surface area contributed by atoms with E-state index in [1.807, 2.05) is 18.5 Å². The first-order valence-electron chi connectivity index (χ1n) is 8.59. The summed E-state index contributed by atoms with van der Waals surface area (Å²) in [6, 6.07) is 1.87. The number of likely N-dealkylation sites (tertiary alicyclic amines) is 1. The first kappa shape index (κ1) is 15.7. The van der Waals surface area contributed by atoms with Crippen LogP contribution >= 0.6 is 0 Å². The zero-order chi connectivity index (χ0) is 15.2. The molecule has 1 aromatic rings. The quantitative estimate of drug-likeness (QED) is 0.833. The van der Waals surface area contributed by atoms with Crippen LogP contribution in [0.2, 0.25) is 0 Å². The van der Waals surface area contributed by atoms with Crippen LogP contribution in [-0.2, 0) is 4.74 Å². The summed E-state index contributed by atoms with van der Waals surface area (Å²) in [5.41, 5.74) is 0. The minimum absolute atomic E-state index is 0.700. The van der Waals surface area contributed by atoms with Crippen LogP contribution in [0.15, 0.2) is 18.5 Å². The van der Waals surface area contributed by atoms with Gasteiger partial charge in [0.1, 0.15) is 0 Å². The second kappa shape index (κ2) is 7.88. The number of ether oxygens (including phenoxy) is 1. The van der Waals surface area contributed by atoms with Crippen LogP contribution in [0.1, 0.15) is 25.7 Å². The van der Waals surface area contributed by atoms with E-state index in [0.717, 1.165) is 38.2 Å². The van der Waals surface area contributed by atoms with Crippen molar-refractivity contribution in [3.63, 3.8) is 0 Å². The monoisotopic (exact) mass is 304 g/mol. The summed E-state index contributed by atoms with van der Waals surface area (Å²) in [6.07, 6.45) is 8.59. The molecule has 0 radical (unpaired) electrons. The summed E-state index contributed by atoms with van der Waals surface area (Å²) in [5, 5.41) is 0. The van der Waals surface area contributed by atoms with E-state index in [0.29, 0.717) is 5.92 Å². The molecule has 0 amide bonds. The lowest BCUT2D eigenvalue weighted by Gasteiger charge is -2.32. The van der Waals surface area contributed by atoms with Gasteiger partial charge in [0.25, 0.3) is 0 Å². The molecule has 22 heavy (non-hydrogen) atoms. The number of piperidine rings is 2. The first-order valence-corrected chi connectivity index (χ1v) is 8.59. The Kier molecular flexibility index (Phi) is 5.62. The number of hydrogen-bond donors (Lipinski definition) is 0. The molecule has 5 heteroatoms. The Hall–Kier alpha value is -1.20. The maximum absolute atomic E-state index is 6.02. The lowest BCUT2D eigenvalue weighted by Crippen LogP contribution is -2.36. The molecular weight excluding hydrogens is 276 g/mol. The van der Waals surface area contributed by atoms with Gasteiger partial charge >= 0.3 is 0 Å². The second-order valence-corrected chi connectivity index (χ2v) is 6.76. The van der Waals surface area contributed by atoms with Crippen LogP contribution in [-0.4, -0.2) is 61.3 Å². The molecule has 3 rings (SSSR count). The minimum Gasteiger partial charge on any atom is -0.381 e. The predicted octanol–water partition coefficient (Wildman–Crippen LogP) is 2.05. The highest BCUT2D eigenvalue weighted by atomic mass is 16.5. The lowest BCUT2D eigenvalue weighted by molar-refractivity contribution is 0.0458. The number of nitrogens with zero attached hydrogens (tertiary/aromatic N) is 4. The van der Waals surface area contributed by atoms with E-state index < -0.39 is 0 Å². The number of rotatable bonds is 5. The first-order chi connectivity index (χ1) is 10.8. The van der Waals surface area contributed by atoms with Gasteiger partial charge in [0, 0.05) is 38.7 Å². The van der Waals surface area contributed by atoms with Gasteiger partial charge in [-0.2, -0.15) is 0 Å². The van der Waals surface area contributed by atoms with Crippen LogP contribution < -0.4 is 4.90 Å². The van der Waals surface area contributed by atoms with E-state index in [9.17, 15) is 0 Å². The van der Waals surface area contributed by atoms with E-state index in [1.165, 1.54) is 38.8 Å². The Morgan fingerprint density at radius 2 is 1.50 bits per heavy atom. The van der Waals surface area contributed by atoms with Crippen molar-refractivity contribution in [2.45, 2.75) is 25.7 Å². The third kappa shape index (κ3) is 4.40. The number of hydrogen-bond acceptors (Lipinski definition) is 5. The lowest BCUT2D eigenvalue weighted by atomic mass is 9.97. The van der Waals surface area contributed by atoms with Crippen molar-refractivity contribution in [1.82, 2.24) is 14.9 Å². The highest BCUT2D eigenvalue weighted by Crippen LogP contribution is 2.22. The number of aromatic nitrogens is 2. The third-order valence-corrected chi connectivity index (χ3v) is 4.99. The SMILES string of the molecule is CN1CCC(COCC2CCN(c3ncccn3)CC2)CC1. The Morgan fingerprint density at radius 1 is 0.955 bits per heavy atom. The van der Waals surface area contributed by atoms with Gasteiger partial charge in [0.15, 0.2) is 0 Å². The van der Waals surface area contributed by atoms with Crippen molar-refractivity contribution in [3.05, 3.63) is 18.5 Å². The average molecular weight is 304 g/mol. The van der Waals surface area contributed by atoms with E-state index in [2.05, 4.69) is 26.8 Å². The molecule has 0 saturated carbocycles. The molecular formula is C17H28N4O. The Bertz CT molecular complexity index is 426. The summed E-state index contributed by atoms with van der Waals surface area (Å²) in [7, 11) is 2.21. The van der Waals surface area contributed by atoms with Gasteiger partial charge in [0.05, 0.1) is 0 Å². The highest BCUT2D eigenvalue weighted by molar-refractivity contribution is 5.28. The zero-order valence-electron chi connectivity index (χ0n) is 13.7. The van der Waals surface area contributed by atoms with Crippen molar-refractivity contribution in [1.29, 1.82) is 0 Å². The Labute approximate surface area is 133 Å². The van der Waals surface area contributed by atoms with Crippen LogP contribution in [0.5, 0.6) is 0 Å². The maximum Gasteiger partial charge on any atom is 0.225 e. The van der Waals surface area contributed by atoms with Gasteiger partial charge in [-0.25, -0.2) is 9.97 Å². The summed E-state index contributed by atoms with van der Waals surface area (Å²) in [4.78, 5) is 13.4. The van der Waals surface area contributed by atoms with Gasteiger partial charge < -0.3 is 14.5 Å². The van der Waals surface area contributed by atoms with Crippen LogP contribution in [0.4, 0.5) is 5.95 Å². The van der Waals surface area contributed by atoms with Crippen molar-refractivity contribution in [2.75, 3.05) is 51.3 Å². The molecule has 0 N–H and O–H groups in total. The molecule has 5 nitrogen and oxygen atoms in total. The van der Waals surface area contributed by atoms with Gasteiger partial charge in [-0.1, -0.05) is 0 Å². The molecule has 122 valence electrons. The summed E-state index contributed by atoms with van der Waals surface area (Å²) >= 11 is 0. The van der Waals surface area contributed by atoms with Gasteiger partial charge in [0.2, 0.25) is 5.95 Å². The van der Waals surface area contributed by atoms with Gasteiger partial charge in [-0.05, 0) is 63.7 Å². The van der Waals surface area contributed by atoms with Crippen LogP contribution in [0.3, 0.4) is 0 Å². The van der Waals surface area contributed by atoms with Crippen molar-refractivity contribution in [2.24, 2.45) is 11.8 Å². The Morgan fingerprint density at radius 3 is 2.09 bits per heavy atom. The molecule has 2 saturated heterocycles. The second-order valence-electron chi connectivity index (χ2n) is 6.76. The van der Waals surface area contributed by atoms with E-state index in [4.69, 9.17) is 4.74 Å². The fourth-order valence-electron chi connectivity index (χ4n) is 3.38. The summed E-state index contributed by atoms with van der Waals surface area (Å²) < 4.78 is 6.02. The van der Waals surface area contributed by atoms with Crippen molar-refractivity contribution >= 4 is 5.95 Å². The average Bonchev–Trinajstić information content (AvgIpc) is 2.58. The normalized spacial score (nSPS) is 22.1.